The lowest BCUT2D eigenvalue weighted by molar-refractivity contribution is -0.109. The number of benzene rings is 1. The molecular formula is C12H14O. The van der Waals surface area contributed by atoms with Gasteiger partial charge in [0.15, 0.2) is 0 Å². The van der Waals surface area contributed by atoms with E-state index in [4.69, 9.17) is 0 Å². The van der Waals surface area contributed by atoms with Crippen LogP contribution in [0.5, 0.6) is 0 Å². The molecule has 0 bridgehead atoms. The normalized spacial score (nSPS) is 19.9. The molecule has 1 atom stereocenters. The Morgan fingerprint density at radius 3 is 3.08 bits per heavy atom. The molecule has 0 fully saturated rings. The van der Waals surface area contributed by atoms with Gasteiger partial charge in [0.05, 0.1) is 0 Å². The maximum Gasteiger partial charge on any atom is 0.127 e. The number of fused-ring (bicyclic) bond motifs is 1. The third-order valence-electron chi connectivity index (χ3n) is 2.90. The van der Waals surface area contributed by atoms with E-state index in [9.17, 15) is 4.79 Å². The van der Waals surface area contributed by atoms with Crippen LogP contribution < -0.4 is 0 Å². The SMILES string of the molecule is CCc1ccc2c(c1)CCC2C=O. The highest BCUT2D eigenvalue weighted by Gasteiger charge is 2.21. The van der Waals surface area contributed by atoms with Crippen LogP contribution in [0, 0.1) is 0 Å². The molecule has 0 saturated heterocycles. The fraction of sp³-hybridized carbons (Fsp3) is 0.417. The van der Waals surface area contributed by atoms with E-state index in [2.05, 4.69) is 25.1 Å². The van der Waals surface area contributed by atoms with E-state index >= 15 is 0 Å². The molecule has 0 aromatic heterocycles. The summed E-state index contributed by atoms with van der Waals surface area (Å²) in [6.45, 7) is 2.16. The molecule has 13 heavy (non-hydrogen) atoms. The molecule has 2 rings (SSSR count). The van der Waals surface area contributed by atoms with E-state index in [0.717, 1.165) is 25.5 Å². The number of carbonyl (C=O) groups excluding carboxylic acids is 1. The summed E-state index contributed by atoms with van der Waals surface area (Å²) < 4.78 is 0. The van der Waals surface area contributed by atoms with Crippen LogP contribution in [0.25, 0.3) is 0 Å². The monoisotopic (exact) mass is 174 g/mol. The third kappa shape index (κ3) is 1.39. The zero-order chi connectivity index (χ0) is 9.26. The van der Waals surface area contributed by atoms with Gasteiger partial charge < -0.3 is 4.79 Å². The number of hydrogen-bond donors (Lipinski definition) is 0. The molecule has 0 heterocycles. The highest BCUT2D eigenvalue weighted by atomic mass is 16.1. The third-order valence-corrected chi connectivity index (χ3v) is 2.90. The lowest BCUT2D eigenvalue weighted by atomic mass is 10.0. The summed E-state index contributed by atoms with van der Waals surface area (Å²) in [5.74, 6) is 0.168. The topological polar surface area (TPSA) is 17.1 Å². The molecule has 1 aromatic rings. The smallest absolute Gasteiger partial charge is 0.127 e. The Hall–Kier alpha value is -1.11. The van der Waals surface area contributed by atoms with Crippen molar-refractivity contribution < 1.29 is 4.79 Å². The molecule has 1 heteroatoms. The van der Waals surface area contributed by atoms with Gasteiger partial charge in [-0.1, -0.05) is 25.1 Å². The molecule has 0 N–H and O–H groups in total. The molecule has 0 spiro atoms. The zero-order valence-electron chi connectivity index (χ0n) is 7.92. The van der Waals surface area contributed by atoms with Gasteiger partial charge in [0, 0.05) is 5.92 Å². The van der Waals surface area contributed by atoms with Gasteiger partial charge in [-0.2, -0.15) is 0 Å². The van der Waals surface area contributed by atoms with Gasteiger partial charge in [-0.3, -0.25) is 0 Å². The summed E-state index contributed by atoms with van der Waals surface area (Å²) in [7, 11) is 0. The Bertz CT molecular complexity index is 328. The second-order valence-corrected chi connectivity index (χ2v) is 3.67. The molecule has 68 valence electrons. The first kappa shape index (κ1) is 8.49. The average Bonchev–Trinajstić information content (AvgIpc) is 2.59. The second kappa shape index (κ2) is 3.33. The van der Waals surface area contributed by atoms with Crippen LogP contribution in [0.2, 0.25) is 0 Å². The Labute approximate surface area is 78.8 Å². The summed E-state index contributed by atoms with van der Waals surface area (Å²) in [4.78, 5) is 10.7. The lowest BCUT2D eigenvalue weighted by Gasteiger charge is -2.04. The van der Waals surface area contributed by atoms with Gasteiger partial charge in [-0.15, -0.1) is 0 Å². The lowest BCUT2D eigenvalue weighted by Crippen LogP contribution is -1.94. The standard InChI is InChI=1S/C12H14O/c1-2-9-3-6-12-10(7-9)4-5-11(12)8-13/h3,6-8,11H,2,4-5H2,1H3. The minimum Gasteiger partial charge on any atom is -0.303 e. The van der Waals surface area contributed by atoms with Crippen LogP contribution in [0.4, 0.5) is 0 Å². The molecule has 0 amide bonds. The highest BCUT2D eigenvalue weighted by Crippen LogP contribution is 2.31. The first-order chi connectivity index (χ1) is 6.35. The van der Waals surface area contributed by atoms with Crippen LogP contribution in [0.1, 0.15) is 36.0 Å². The molecule has 0 saturated carbocycles. The Kier molecular flexibility index (Phi) is 2.17. The number of carbonyl (C=O) groups is 1. The van der Waals surface area contributed by atoms with Crippen LogP contribution in [-0.2, 0) is 17.6 Å². The van der Waals surface area contributed by atoms with Gasteiger partial charge in [0.1, 0.15) is 6.29 Å². The highest BCUT2D eigenvalue weighted by molar-refractivity contribution is 5.65. The van der Waals surface area contributed by atoms with Crippen molar-refractivity contribution in [2.75, 3.05) is 0 Å². The maximum absolute atomic E-state index is 10.7. The van der Waals surface area contributed by atoms with Gasteiger partial charge in [0.2, 0.25) is 0 Å². The quantitative estimate of drug-likeness (QED) is 0.629. The van der Waals surface area contributed by atoms with Crippen molar-refractivity contribution in [3.05, 3.63) is 34.9 Å². The summed E-state index contributed by atoms with van der Waals surface area (Å²) in [5, 5.41) is 0. The number of hydrogen-bond acceptors (Lipinski definition) is 1. The number of aryl methyl sites for hydroxylation is 2. The fourth-order valence-electron chi connectivity index (χ4n) is 2.07. The molecule has 1 aliphatic carbocycles. The zero-order valence-corrected chi connectivity index (χ0v) is 7.92. The average molecular weight is 174 g/mol. The predicted octanol–water partition coefficient (Wildman–Crippen LogP) is 2.48. The van der Waals surface area contributed by atoms with E-state index in [0.29, 0.717) is 0 Å². The summed E-state index contributed by atoms with van der Waals surface area (Å²) >= 11 is 0. The molecule has 1 aliphatic rings. The Morgan fingerprint density at radius 1 is 1.54 bits per heavy atom. The number of rotatable bonds is 2. The van der Waals surface area contributed by atoms with Crippen molar-refractivity contribution in [3.8, 4) is 0 Å². The largest absolute Gasteiger partial charge is 0.303 e. The first-order valence-corrected chi connectivity index (χ1v) is 4.92. The minimum absolute atomic E-state index is 0.168. The van der Waals surface area contributed by atoms with Crippen molar-refractivity contribution in [1.29, 1.82) is 0 Å². The molecule has 1 aromatic carbocycles. The van der Waals surface area contributed by atoms with Crippen molar-refractivity contribution in [2.45, 2.75) is 32.1 Å². The van der Waals surface area contributed by atoms with Crippen LogP contribution in [0.15, 0.2) is 18.2 Å². The van der Waals surface area contributed by atoms with Gasteiger partial charge in [-0.25, -0.2) is 0 Å². The number of aldehydes is 1. The van der Waals surface area contributed by atoms with Gasteiger partial charge in [-0.05, 0) is 36.0 Å². The predicted molar refractivity (Wildman–Crippen MR) is 52.9 cm³/mol. The minimum atomic E-state index is 0.168. The molecule has 1 unspecified atom stereocenters. The van der Waals surface area contributed by atoms with Crippen molar-refractivity contribution in [2.24, 2.45) is 0 Å². The van der Waals surface area contributed by atoms with E-state index in [-0.39, 0.29) is 5.92 Å². The molecule has 1 nitrogen and oxygen atoms in total. The Balaban J connectivity index is 2.40. The maximum atomic E-state index is 10.7. The van der Waals surface area contributed by atoms with Crippen LogP contribution in [0.3, 0.4) is 0 Å². The second-order valence-electron chi connectivity index (χ2n) is 3.67. The van der Waals surface area contributed by atoms with Gasteiger partial charge in [0.25, 0.3) is 0 Å². The van der Waals surface area contributed by atoms with Crippen molar-refractivity contribution in [1.82, 2.24) is 0 Å². The molecule has 0 aliphatic heterocycles. The van der Waals surface area contributed by atoms with E-state index in [1.54, 1.807) is 0 Å². The molecular weight excluding hydrogens is 160 g/mol. The first-order valence-electron chi connectivity index (χ1n) is 4.92. The summed E-state index contributed by atoms with van der Waals surface area (Å²) in [6.07, 6.45) is 4.25. The van der Waals surface area contributed by atoms with E-state index < -0.39 is 0 Å². The van der Waals surface area contributed by atoms with Crippen LogP contribution in [-0.4, -0.2) is 6.29 Å². The summed E-state index contributed by atoms with van der Waals surface area (Å²) in [6, 6.07) is 6.51. The summed E-state index contributed by atoms with van der Waals surface area (Å²) in [5.41, 5.74) is 4.02. The van der Waals surface area contributed by atoms with Crippen molar-refractivity contribution in [3.63, 3.8) is 0 Å². The van der Waals surface area contributed by atoms with Crippen LogP contribution >= 0.6 is 0 Å². The van der Waals surface area contributed by atoms with Crippen molar-refractivity contribution >= 4 is 6.29 Å². The van der Waals surface area contributed by atoms with E-state index in [1.165, 1.54) is 16.7 Å². The Morgan fingerprint density at radius 2 is 2.38 bits per heavy atom. The van der Waals surface area contributed by atoms with E-state index in [1.807, 2.05) is 0 Å². The fourth-order valence-corrected chi connectivity index (χ4v) is 2.07. The van der Waals surface area contributed by atoms with Gasteiger partial charge >= 0.3 is 0 Å². The molecule has 0 radical (unpaired) electrons.